The lowest BCUT2D eigenvalue weighted by atomic mass is 9.91. The van der Waals surface area contributed by atoms with Gasteiger partial charge in [-0.2, -0.15) is 4.31 Å². The van der Waals surface area contributed by atoms with Gasteiger partial charge in [0.2, 0.25) is 10.0 Å². The Morgan fingerprint density at radius 3 is 2.30 bits per heavy atom. The van der Waals surface area contributed by atoms with E-state index < -0.39 is 10.0 Å². The maximum absolute atomic E-state index is 12.6. The quantitative estimate of drug-likeness (QED) is 0.923. The first-order valence-corrected chi connectivity index (χ1v) is 8.62. The minimum absolute atomic E-state index is 0.00363. The Kier molecular flexibility index (Phi) is 4.66. The molecule has 0 unspecified atom stereocenters. The molecule has 7 heteroatoms. The number of nitrogens with zero attached hydrogens (tertiary/aromatic N) is 1. The average molecular weight is 337 g/mol. The number of nitrogens with one attached hydrogen (secondary N) is 1. The second kappa shape index (κ2) is 5.81. The molecule has 112 valence electrons. The third-order valence-electron chi connectivity index (χ3n) is 3.96. The third kappa shape index (κ3) is 3.12. The Hall–Kier alpha value is -0.330. The van der Waals surface area contributed by atoms with Gasteiger partial charge in [-0.05, 0) is 45.0 Å². The normalized spacial score (nSPS) is 20.0. The van der Waals surface area contributed by atoms with Gasteiger partial charge < -0.3 is 5.32 Å². The van der Waals surface area contributed by atoms with E-state index in [1.165, 1.54) is 22.5 Å². The van der Waals surface area contributed by atoms with Gasteiger partial charge in [-0.1, -0.05) is 23.2 Å². The Bertz CT molecular complexity index is 596. The van der Waals surface area contributed by atoms with Crippen LogP contribution in [0.1, 0.15) is 19.8 Å². The zero-order chi connectivity index (χ0) is 15.0. The summed E-state index contributed by atoms with van der Waals surface area (Å²) in [6.45, 7) is 3.11. The van der Waals surface area contributed by atoms with Crippen LogP contribution in [0.15, 0.2) is 23.1 Å². The molecule has 20 heavy (non-hydrogen) atoms. The van der Waals surface area contributed by atoms with E-state index in [4.69, 9.17) is 23.2 Å². The summed E-state index contributed by atoms with van der Waals surface area (Å²) in [5.41, 5.74) is 0.00363. The van der Waals surface area contributed by atoms with Crippen molar-refractivity contribution >= 4 is 33.2 Å². The van der Waals surface area contributed by atoms with E-state index in [2.05, 4.69) is 12.2 Å². The van der Waals surface area contributed by atoms with E-state index in [-0.39, 0.29) is 15.5 Å². The summed E-state index contributed by atoms with van der Waals surface area (Å²) in [5, 5.41) is 3.86. The molecule has 0 saturated carbocycles. The van der Waals surface area contributed by atoms with E-state index in [0.717, 1.165) is 12.8 Å². The van der Waals surface area contributed by atoms with Crippen LogP contribution in [0.5, 0.6) is 0 Å². The summed E-state index contributed by atoms with van der Waals surface area (Å²) >= 11 is 11.7. The van der Waals surface area contributed by atoms with Crippen LogP contribution < -0.4 is 5.32 Å². The molecule has 1 fully saturated rings. The number of piperidine rings is 1. The van der Waals surface area contributed by atoms with Crippen LogP contribution in [0.25, 0.3) is 0 Å². The van der Waals surface area contributed by atoms with Crippen LogP contribution >= 0.6 is 23.2 Å². The summed E-state index contributed by atoms with van der Waals surface area (Å²) < 4.78 is 26.6. The second-order valence-electron chi connectivity index (χ2n) is 5.29. The van der Waals surface area contributed by atoms with Crippen LogP contribution in [-0.4, -0.2) is 38.4 Å². The third-order valence-corrected chi connectivity index (χ3v) is 6.59. The molecule has 2 rings (SSSR count). The van der Waals surface area contributed by atoms with Crippen molar-refractivity contribution in [1.29, 1.82) is 0 Å². The lowest BCUT2D eigenvalue weighted by Crippen LogP contribution is -2.51. The van der Waals surface area contributed by atoms with E-state index in [0.29, 0.717) is 18.1 Å². The van der Waals surface area contributed by atoms with Gasteiger partial charge in [0.05, 0.1) is 14.9 Å². The molecule has 0 amide bonds. The summed E-state index contributed by atoms with van der Waals surface area (Å²) in [7, 11) is -1.59. The van der Waals surface area contributed by atoms with Crippen molar-refractivity contribution in [1.82, 2.24) is 9.62 Å². The maximum atomic E-state index is 12.6. The topological polar surface area (TPSA) is 49.4 Å². The highest BCUT2D eigenvalue weighted by Gasteiger charge is 2.34. The summed E-state index contributed by atoms with van der Waals surface area (Å²) in [6.07, 6.45) is 1.56. The first kappa shape index (κ1) is 16.0. The predicted octanol–water partition coefficient (Wildman–Crippen LogP) is 2.76. The van der Waals surface area contributed by atoms with Crippen LogP contribution in [-0.2, 0) is 10.0 Å². The number of hydrogen-bond acceptors (Lipinski definition) is 3. The molecule has 1 aliphatic rings. The first-order valence-electron chi connectivity index (χ1n) is 6.43. The van der Waals surface area contributed by atoms with Crippen molar-refractivity contribution in [3.05, 3.63) is 28.2 Å². The van der Waals surface area contributed by atoms with Crippen LogP contribution in [0.4, 0.5) is 0 Å². The zero-order valence-corrected chi connectivity index (χ0v) is 13.8. The monoisotopic (exact) mass is 336 g/mol. The Morgan fingerprint density at radius 2 is 1.80 bits per heavy atom. The molecule has 1 heterocycles. The minimum Gasteiger partial charge on any atom is -0.314 e. The molecule has 0 radical (unpaired) electrons. The zero-order valence-electron chi connectivity index (χ0n) is 11.5. The molecule has 1 aromatic carbocycles. The predicted molar refractivity (Wildman–Crippen MR) is 81.9 cm³/mol. The summed E-state index contributed by atoms with van der Waals surface area (Å²) in [4.78, 5) is 0.194. The van der Waals surface area contributed by atoms with E-state index >= 15 is 0 Å². The molecule has 1 N–H and O–H groups in total. The van der Waals surface area contributed by atoms with Crippen LogP contribution in [0.2, 0.25) is 10.0 Å². The highest BCUT2D eigenvalue weighted by atomic mass is 35.5. The Balaban J connectivity index is 2.22. The van der Waals surface area contributed by atoms with Gasteiger partial charge in [-0.25, -0.2) is 8.42 Å². The van der Waals surface area contributed by atoms with Crippen molar-refractivity contribution in [2.24, 2.45) is 0 Å². The molecule has 0 aliphatic carbocycles. The van der Waals surface area contributed by atoms with Crippen molar-refractivity contribution in [2.75, 3.05) is 20.1 Å². The van der Waals surface area contributed by atoms with E-state index in [9.17, 15) is 8.42 Å². The molecular weight excluding hydrogens is 319 g/mol. The average Bonchev–Trinajstić information content (AvgIpc) is 2.42. The van der Waals surface area contributed by atoms with Gasteiger partial charge in [-0.3, -0.25) is 0 Å². The minimum atomic E-state index is -3.50. The SMILES string of the molecule is CNC1(C)CCN(S(=O)(=O)c2ccc(Cl)c(Cl)c2)CC1. The smallest absolute Gasteiger partial charge is 0.243 e. The standard InChI is InChI=1S/C13H18Cl2N2O2S/c1-13(16-2)5-7-17(8-6-13)20(18,19)10-3-4-11(14)12(15)9-10/h3-4,9,16H,5-8H2,1-2H3. The fourth-order valence-corrected chi connectivity index (χ4v) is 4.09. The highest BCUT2D eigenvalue weighted by molar-refractivity contribution is 7.89. The summed E-state index contributed by atoms with van der Waals surface area (Å²) in [6, 6.07) is 4.42. The molecule has 1 aromatic rings. The van der Waals surface area contributed by atoms with E-state index in [1.54, 1.807) is 0 Å². The van der Waals surface area contributed by atoms with Crippen molar-refractivity contribution in [3.8, 4) is 0 Å². The van der Waals surface area contributed by atoms with Crippen molar-refractivity contribution in [2.45, 2.75) is 30.2 Å². The molecule has 1 aliphatic heterocycles. The fraction of sp³-hybridized carbons (Fsp3) is 0.538. The molecule has 0 aromatic heterocycles. The largest absolute Gasteiger partial charge is 0.314 e. The Labute approximate surface area is 130 Å². The van der Waals surface area contributed by atoms with Crippen LogP contribution in [0.3, 0.4) is 0 Å². The van der Waals surface area contributed by atoms with Crippen molar-refractivity contribution < 1.29 is 8.42 Å². The first-order chi connectivity index (χ1) is 9.28. The number of benzene rings is 1. The van der Waals surface area contributed by atoms with Gasteiger partial charge in [0.1, 0.15) is 0 Å². The fourth-order valence-electron chi connectivity index (χ4n) is 2.26. The lowest BCUT2D eigenvalue weighted by molar-refractivity contribution is 0.219. The van der Waals surface area contributed by atoms with Gasteiger partial charge in [0.25, 0.3) is 0 Å². The van der Waals surface area contributed by atoms with Gasteiger partial charge in [-0.15, -0.1) is 0 Å². The maximum Gasteiger partial charge on any atom is 0.243 e. The Morgan fingerprint density at radius 1 is 1.20 bits per heavy atom. The molecule has 0 atom stereocenters. The number of halogens is 2. The van der Waals surface area contributed by atoms with Gasteiger partial charge >= 0.3 is 0 Å². The van der Waals surface area contributed by atoms with Crippen LogP contribution in [0, 0.1) is 0 Å². The molecule has 0 spiro atoms. The van der Waals surface area contributed by atoms with E-state index in [1.807, 2.05) is 7.05 Å². The number of sulfonamides is 1. The molecular formula is C13H18Cl2N2O2S. The molecule has 4 nitrogen and oxygen atoms in total. The molecule has 0 bridgehead atoms. The van der Waals surface area contributed by atoms with Gasteiger partial charge in [0.15, 0.2) is 0 Å². The second-order valence-corrected chi connectivity index (χ2v) is 8.04. The summed E-state index contributed by atoms with van der Waals surface area (Å²) in [5.74, 6) is 0. The van der Waals surface area contributed by atoms with Gasteiger partial charge in [0, 0.05) is 18.6 Å². The number of hydrogen-bond donors (Lipinski definition) is 1. The number of rotatable bonds is 3. The highest BCUT2D eigenvalue weighted by Crippen LogP contribution is 2.29. The van der Waals surface area contributed by atoms with Crippen molar-refractivity contribution in [3.63, 3.8) is 0 Å². The molecule has 1 saturated heterocycles. The lowest BCUT2D eigenvalue weighted by Gasteiger charge is -2.38.